The van der Waals surface area contributed by atoms with Gasteiger partial charge in [0.05, 0.1) is 11.6 Å². The molecule has 26 heavy (non-hydrogen) atoms. The van der Waals surface area contributed by atoms with Crippen LogP contribution in [0.1, 0.15) is 37.3 Å². The third kappa shape index (κ3) is 2.58. The number of hydrogen-bond acceptors (Lipinski definition) is 5. The van der Waals surface area contributed by atoms with Crippen molar-refractivity contribution in [1.29, 1.82) is 0 Å². The first-order valence-corrected chi connectivity index (χ1v) is 9.04. The number of rotatable bonds is 3. The molecule has 1 saturated carbocycles. The van der Waals surface area contributed by atoms with E-state index in [0.717, 1.165) is 27.7 Å². The van der Waals surface area contributed by atoms with Crippen LogP contribution in [0.5, 0.6) is 0 Å². The van der Waals surface area contributed by atoms with E-state index < -0.39 is 0 Å². The van der Waals surface area contributed by atoms with E-state index in [1.54, 1.807) is 0 Å². The second-order valence-electron chi connectivity index (χ2n) is 6.97. The maximum Gasteiger partial charge on any atom is 0.258 e. The fourth-order valence-electron chi connectivity index (χ4n) is 3.74. The molecular weight excluding hydrogens is 326 g/mol. The highest BCUT2D eigenvalue weighted by Crippen LogP contribution is 2.32. The Morgan fingerprint density at radius 1 is 1.04 bits per heavy atom. The van der Waals surface area contributed by atoms with Gasteiger partial charge in [-0.1, -0.05) is 40.9 Å². The molecular formula is C20H19N5O. The molecule has 2 aromatic carbocycles. The van der Waals surface area contributed by atoms with Crippen LogP contribution in [0.15, 0.2) is 47.0 Å². The second-order valence-corrected chi connectivity index (χ2v) is 6.97. The van der Waals surface area contributed by atoms with Crippen LogP contribution in [0.3, 0.4) is 0 Å². The molecule has 2 heterocycles. The standard InChI is InChI=1S/C20H19N5O/c1-13-5-4-6-15(11-13)20-21-19(23-26-20)14-9-10-18-17(12-14)22-24-25(18)16-7-2-3-8-16/h4-6,9-12,16H,2-3,7-8H2,1H3. The quantitative estimate of drug-likeness (QED) is 0.544. The Labute approximate surface area is 150 Å². The summed E-state index contributed by atoms with van der Waals surface area (Å²) in [7, 11) is 0. The molecule has 6 nitrogen and oxygen atoms in total. The lowest BCUT2D eigenvalue weighted by Gasteiger charge is -2.09. The molecule has 0 spiro atoms. The van der Waals surface area contributed by atoms with Gasteiger partial charge in [0.15, 0.2) is 0 Å². The molecule has 0 aliphatic heterocycles. The first-order chi connectivity index (χ1) is 12.8. The van der Waals surface area contributed by atoms with Crippen molar-refractivity contribution in [2.45, 2.75) is 38.6 Å². The van der Waals surface area contributed by atoms with Gasteiger partial charge in [-0.2, -0.15) is 4.98 Å². The van der Waals surface area contributed by atoms with Gasteiger partial charge in [-0.05, 0) is 50.1 Å². The van der Waals surface area contributed by atoms with Gasteiger partial charge in [-0.3, -0.25) is 0 Å². The van der Waals surface area contributed by atoms with Crippen molar-refractivity contribution in [3.63, 3.8) is 0 Å². The van der Waals surface area contributed by atoms with E-state index in [4.69, 9.17) is 4.52 Å². The van der Waals surface area contributed by atoms with Crippen LogP contribution in [0.4, 0.5) is 0 Å². The van der Waals surface area contributed by atoms with Crippen LogP contribution < -0.4 is 0 Å². The minimum Gasteiger partial charge on any atom is -0.334 e. The maximum absolute atomic E-state index is 5.46. The zero-order valence-corrected chi connectivity index (χ0v) is 14.6. The predicted octanol–water partition coefficient (Wildman–Crippen LogP) is 4.57. The summed E-state index contributed by atoms with van der Waals surface area (Å²) in [5, 5.41) is 12.9. The van der Waals surface area contributed by atoms with Crippen molar-refractivity contribution < 1.29 is 4.52 Å². The fourth-order valence-corrected chi connectivity index (χ4v) is 3.74. The molecule has 0 amide bonds. The monoisotopic (exact) mass is 345 g/mol. The Bertz CT molecular complexity index is 1070. The molecule has 1 aliphatic rings. The molecule has 2 aromatic heterocycles. The van der Waals surface area contributed by atoms with Gasteiger partial charge in [0.1, 0.15) is 5.52 Å². The number of nitrogens with zero attached hydrogens (tertiary/aromatic N) is 5. The van der Waals surface area contributed by atoms with Crippen LogP contribution in [0, 0.1) is 6.92 Å². The topological polar surface area (TPSA) is 69.6 Å². The van der Waals surface area contributed by atoms with Crippen molar-refractivity contribution in [3.8, 4) is 22.8 Å². The van der Waals surface area contributed by atoms with Gasteiger partial charge < -0.3 is 4.52 Å². The van der Waals surface area contributed by atoms with Crippen molar-refractivity contribution >= 4 is 11.0 Å². The summed E-state index contributed by atoms with van der Waals surface area (Å²) in [5.74, 6) is 1.09. The second kappa shape index (κ2) is 6.05. The molecule has 0 saturated heterocycles. The third-order valence-corrected chi connectivity index (χ3v) is 5.09. The van der Waals surface area contributed by atoms with Gasteiger partial charge in [0, 0.05) is 11.1 Å². The van der Waals surface area contributed by atoms with Crippen molar-refractivity contribution in [1.82, 2.24) is 25.1 Å². The normalized spacial score (nSPS) is 15.1. The molecule has 0 unspecified atom stereocenters. The Morgan fingerprint density at radius 3 is 2.77 bits per heavy atom. The maximum atomic E-state index is 5.46. The minimum atomic E-state index is 0.476. The van der Waals surface area contributed by atoms with Gasteiger partial charge in [-0.15, -0.1) is 5.10 Å². The summed E-state index contributed by atoms with van der Waals surface area (Å²) in [6.45, 7) is 2.04. The smallest absolute Gasteiger partial charge is 0.258 e. The van der Waals surface area contributed by atoms with Crippen molar-refractivity contribution in [2.24, 2.45) is 0 Å². The minimum absolute atomic E-state index is 0.476. The highest BCUT2D eigenvalue weighted by Gasteiger charge is 2.20. The predicted molar refractivity (Wildman–Crippen MR) is 98.5 cm³/mol. The summed E-state index contributed by atoms with van der Waals surface area (Å²) in [4.78, 5) is 4.55. The summed E-state index contributed by atoms with van der Waals surface area (Å²) >= 11 is 0. The van der Waals surface area contributed by atoms with Gasteiger partial charge in [0.2, 0.25) is 5.82 Å². The van der Waals surface area contributed by atoms with Gasteiger partial charge in [0.25, 0.3) is 5.89 Å². The fraction of sp³-hybridized carbons (Fsp3) is 0.300. The van der Waals surface area contributed by atoms with Crippen molar-refractivity contribution in [3.05, 3.63) is 48.0 Å². The SMILES string of the molecule is Cc1cccc(-c2nc(-c3ccc4c(c3)nnn4C3CCCC3)no2)c1. The number of benzene rings is 2. The van der Waals surface area contributed by atoms with E-state index in [0.29, 0.717) is 17.8 Å². The molecule has 1 aliphatic carbocycles. The lowest BCUT2D eigenvalue weighted by atomic mass is 10.1. The zero-order chi connectivity index (χ0) is 17.5. The number of hydrogen-bond donors (Lipinski definition) is 0. The van der Waals surface area contributed by atoms with Crippen LogP contribution in [-0.4, -0.2) is 25.1 Å². The molecule has 0 N–H and O–H groups in total. The molecule has 6 heteroatoms. The average Bonchev–Trinajstić information content (AvgIpc) is 3.40. The Morgan fingerprint density at radius 2 is 1.92 bits per heavy atom. The summed E-state index contributed by atoms with van der Waals surface area (Å²) in [6, 6.07) is 14.6. The largest absolute Gasteiger partial charge is 0.334 e. The van der Waals surface area contributed by atoms with E-state index in [1.165, 1.54) is 25.7 Å². The molecule has 0 bridgehead atoms. The zero-order valence-electron chi connectivity index (χ0n) is 14.6. The first kappa shape index (κ1) is 15.3. The number of aryl methyl sites for hydroxylation is 1. The van der Waals surface area contributed by atoms with Crippen LogP contribution in [-0.2, 0) is 0 Å². The number of aromatic nitrogens is 5. The molecule has 0 radical (unpaired) electrons. The Hall–Kier alpha value is -3.02. The lowest BCUT2D eigenvalue weighted by molar-refractivity contribution is 0.432. The molecule has 1 fully saturated rings. The van der Waals surface area contributed by atoms with E-state index in [2.05, 4.69) is 31.2 Å². The van der Waals surface area contributed by atoms with E-state index in [-0.39, 0.29) is 0 Å². The summed E-state index contributed by atoms with van der Waals surface area (Å²) in [6.07, 6.45) is 4.92. The Balaban J connectivity index is 1.50. The van der Waals surface area contributed by atoms with Crippen LogP contribution in [0.2, 0.25) is 0 Å². The van der Waals surface area contributed by atoms with Gasteiger partial charge in [-0.25, -0.2) is 4.68 Å². The van der Waals surface area contributed by atoms with Crippen LogP contribution in [0.25, 0.3) is 33.9 Å². The van der Waals surface area contributed by atoms with Crippen molar-refractivity contribution in [2.75, 3.05) is 0 Å². The molecule has 0 atom stereocenters. The number of fused-ring (bicyclic) bond motifs is 1. The summed E-state index contributed by atoms with van der Waals surface area (Å²) < 4.78 is 7.53. The highest BCUT2D eigenvalue weighted by atomic mass is 16.5. The first-order valence-electron chi connectivity index (χ1n) is 9.04. The van der Waals surface area contributed by atoms with Crippen LogP contribution >= 0.6 is 0 Å². The highest BCUT2D eigenvalue weighted by molar-refractivity contribution is 5.80. The summed E-state index contributed by atoms with van der Waals surface area (Å²) in [5.41, 5.74) is 4.92. The average molecular weight is 345 g/mol. The van der Waals surface area contributed by atoms with E-state index >= 15 is 0 Å². The van der Waals surface area contributed by atoms with E-state index in [1.807, 2.05) is 43.3 Å². The molecule has 4 aromatic rings. The van der Waals surface area contributed by atoms with Gasteiger partial charge >= 0.3 is 0 Å². The molecule has 130 valence electrons. The lowest BCUT2D eigenvalue weighted by Crippen LogP contribution is -2.06. The van der Waals surface area contributed by atoms with E-state index in [9.17, 15) is 0 Å². The molecule has 5 rings (SSSR count). The Kier molecular flexibility index (Phi) is 3.55. The third-order valence-electron chi connectivity index (χ3n) is 5.09.